The van der Waals surface area contributed by atoms with Crippen molar-refractivity contribution < 1.29 is 23.1 Å². The zero-order chi connectivity index (χ0) is 17.2. The van der Waals surface area contributed by atoms with Gasteiger partial charge in [-0.15, -0.1) is 0 Å². The minimum Gasteiger partial charge on any atom is -0.379 e. The first-order chi connectivity index (χ1) is 11.4. The van der Waals surface area contributed by atoms with E-state index in [0.29, 0.717) is 45.9 Å². The van der Waals surface area contributed by atoms with E-state index in [1.807, 2.05) is 0 Å². The molecule has 0 saturated carbocycles. The molecule has 1 atom stereocenters. The van der Waals surface area contributed by atoms with Crippen molar-refractivity contribution in [3.8, 4) is 0 Å². The van der Waals surface area contributed by atoms with Crippen LogP contribution in [0, 0.1) is 0 Å². The Balaban J connectivity index is 1.43. The summed E-state index contributed by atoms with van der Waals surface area (Å²) in [7, 11) is 0. The quantitative estimate of drug-likeness (QED) is 0.709. The van der Waals surface area contributed by atoms with Gasteiger partial charge in [-0.2, -0.15) is 0 Å². The maximum absolute atomic E-state index is 13.2. The average Bonchev–Trinajstić information content (AvgIpc) is 2.95. The maximum Gasteiger partial charge on any atom is 0.262 e. The van der Waals surface area contributed by atoms with Gasteiger partial charge < -0.3 is 14.5 Å². The Morgan fingerprint density at radius 2 is 1.67 bits per heavy atom. The summed E-state index contributed by atoms with van der Waals surface area (Å²) in [5, 5.41) is 2.59. The van der Waals surface area contributed by atoms with E-state index >= 15 is 0 Å². The van der Waals surface area contributed by atoms with E-state index in [1.165, 1.54) is 0 Å². The van der Waals surface area contributed by atoms with Crippen molar-refractivity contribution >= 4 is 11.8 Å². The lowest BCUT2D eigenvalue weighted by atomic mass is 10.1. The number of hydrogen-bond donors (Lipinski definition) is 1. The molecule has 3 fully saturated rings. The molecule has 1 unspecified atom stereocenters. The molecule has 3 saturated heterocycles. The van der Waals surface area contributed by atoms with Gasteiger partial charge in [0, 0.05) is 45.7 Å². The van der Waals surface area contributed by atoms with E-state index in [-0.39, 0.29) is 11.8 Å². The van der Waals surface area contributed by atoms with Crippen molar-refractivity contribution in [1.29, 1.82) is 0 Å². The van der Waals surface area contributed by atoms with Gasteiger partial charge in [-0.3, -0.25) is 19.8 Å². The summed E-state index contributed by atoms with van der Waals surface area (Å²) in [6.45, 7) is 4.45. The number of morpholine rings is 1. The van der Waals surface area contributed by atoms with Gasteiger partial charge >= 0.3 is 0 Å². The van der Waals surface area contributed by atoms with Crippen LogP contribution in [0.1, 0.15) is 6.42 Å². The van der Waals surface area contributed by atoms with Crippen molar-refractivity contribution in [2.24, 2.45) is 0 Å². The lowest BCUT2D eigenvalue weighted by molar-refractivity contribution is -0.142. The highest BCUT2D eigenvalue weighted by atomic mass is 19.3. The van der Waals surface area contributed by atoms with Crippen LogP contribution in [0.2, 0.25) is 0 Å². The van der Waals surface area contributed by atoms with E-state index < -0.39 is 24.9 Å². The molecule has 3 rings (SSSR count). The van der Waals surface area contributed by atoms with E-state index in [9.17, 15) is 18.4 Å². The first kappa shape index (κ1) is 17.5. The summed E-state index contributed by atoms with van der Waals surface area (Å²) in [4.78, 5) is 30.0. The molecule has 3 heterocycles. The predicted octanol–water partition coefficient (Wildman–Crippen LogP) is -1.01. The smallest absolute Gasteiger partial charge is 0.262 e. The van der Waals surface area contributed by atoms with E-state index in [1.54, 1.807) is 9.80 Å². The van der Waals surface area contributed by atoms with E-state index in [2.05, 4.69) is 10.2 Å². The molecule has 9 heteroatoms. The number of halogens is 2. The molecule has 0 aromatic rings. The molecule has 3 aliphatic rings. The Bertz CT molecular complexity index is 477. The molecule has 7 nitrogen and oxygen atoms in total. The number of nitrogens with zero attached hydrogens (tertiary/aromatic N) is 3. The molecule has 0 aromatic carbocycles. The Morgan fingerprint density at radius 3 is 2.25 bits per heavy atom. The summed E-state index contributed by atoms with van der Waals surface area (Å²) >= 11 is 0. The van der Waals surface area contributed by atoms with Crippen molar-refractivity contribution in [1.82, 2.24) is 20.0 Å². The van der Waals surface area contributed by atoms with Crippen LogP contribution >= 0.6 is 0 Å². The largest absolute Gasteiger partial charge is 0.379 e. The number of rotatable bonds is 3. The zero-order valence-corrected chi connectivity index (χ0v) is 13.7. The summed E-state index contributed by atoms with van der Waals surface area (Å²) in [5.74, 6) is -3.04. The second-order valence-electron chi connectivity index (χ2n) is 6.59. The third-order valence-corrected chi connectivity index (χ3v) is 4.81. The molecule has 0 bridgehead atoms. The fourth-order valence-electron chi connectivity index (χ4n) is 3.34. The molecular weight excluding hydrogens is 322 g/mol. The van der Waals surface area contributed by atoms with Crippen LogP contribution in [-0.2, 0) is 14.3 Å². The fraction of sp³-hybridized carbons (Fsp3) is 0.867. The normalized spacial score (nSPS) is 28.2. The Morgan fingerprint density at radius 1 is 1.04 bits per heavy atom. The van der Waals surface area contributed by atoms with Crippen LogP contribution in [0.15, 0.2) is 0 Å². The van der Waals surface area contributed by atoms with Gasteiger partial charge in [0.2, 0.25) is 11.8 Å². The monoisotopic (exact) mass is 346 g/mol. The third-order valence-electron chi connectivity index (χ3n) is 4.81. The SMILES string of the molecule is O=C(CN1CCOCC1)N1CCN(C(=O)C2CC(F)(F)CN2)CC1. The first-order valence-corrected chi connectivity index (χ1v) is 8.42. The predicted molar refractivity (Wildman–Crippen MR) is 81.8 cm³/mol. The van der Waals surface area contributed by atoms with Crippen LogP contribution in [0.25, 0.3) is 0 Å². The van der Waals surface area contributed by atoms with Gasteiger partial charge in [-0.05, 0) is 0 Å². The summed E-state index contributed by atoms with van der Waals surface area (Å²) in [5.41, 5.74) is 0. The Hall–Kier alpha value is -1.32. The van der Waals surface area contributed by atoms with Crippen molar-refractivity contribution in [2.45, 2.75) is 18.4 Å². The highest BCUT2D eigenvalue weighted by molar-refractivity contribution is 5.83. The van der Waals surface area contributed by atoms with Crippen LogP contribution < -0.4 is 5.32 Å². The van der Waals surface area contributed by atoms with Gasteiger partial charge in [-0.25, -0.2) is 8.78 Å². The second-order valence-corrected chi connectivity index (χ2v) is 6.59. The van der Waals surface area contributed by atoms with Gasteiger partial charge in [0.05, 0.1) is 32.3 Å². The molecule has 0 aliphatic carbocycles. The van der Waals surface area contributed by atoms with Gasteiger partial charge in [-0.1, -0.05) is 0 Å². The zero-order valence-electron chi connectivity index (χ0n) is 13.7. The molecule has 2 amide bonds. The number of piperazine rings is 1. The molecule has 136 valence electrons. The maximum atomic E-state index is 13.2. The minimum absolute atomic E-state index is 0.0505. The van der Waals surface area contributed by atoms with Crippen LogP contribution in [0.4, 0.5) is 8.78 Å². The van der Waals surface area contributed by atoms with E-state index in [0.717, 1.165) is 13.1 Å². The molecule has 3 aliphatic heterocycles. The molecule has 0 radical (unpaired) electrons. The van der Waals surface area contributed by atoms with Crippen LogP contribution in [0.5, 0.6) is 0 Å². The number of nitrogens with one attached hydrogen (secondary N) is 1. The number of hydrogen-bond acceptors (Lipinski definition) is 5. The van der Waals surface area contributed by atoms with E-state index in [4.69, 9.17) is 4.74 Å². The third kappa shape index (κ3) is 4.20. The lowest BCUT2D eigenvalue weighted by Gasteiger charge is -2.37. The molecule has 0 aromatic heterocycles. The summed E-state index contributed by atoms with van der Waals surface area (Å²) in [6, 6.07) is -0.810. The average molecular weight is 346 g/mol. The minimum atomic E-state index is -2.81. The van der Waals surface area contributed by atoms with Gasteiger partial charge in [0.1, 0.15) is 0 Å². The van der Waals surface area contributed by atoms with Gasteiger partial charge in [0.15, 0.2) is 0 Å². The Kier molecular flexibility index (Phi) is 5.31. The highest BCUT2D eigenvalue weighted by Crippen LogP contribution is 2.26. The van der Waals surface area contributed by atoms with Crippen LogP contribution in [0.3, 0.4) is 0 Å². The summed E-state index contributed by atoms with van der Waals surface area (Å²) in [6.07, 6.45) is -0.442. The highest BCUT2D eigenvalue weighted by Gasteiger charge is 2.43. The van der Waals surface area contributed by atoms with Crippen molar-refractivity contribution in [2.75, 3.05) is 65.6 Å². The first-order valence-electron chi connectivity index (χ1n) is 8.42. The standard InChI is InChI=1S/C15H24F2N4O3/c16-15(17)9-12(18-11-15)14(23)21-3-1-20(2-4-21)13(22)10-19-5-7-24-8-6-19/h12,18H,1-11H2. The summed E-state index contributed by atoms with van der Waals surface area (Å²) < 4.78 is 31.7. The molecule has 24 heavy (non-hydrogen) atoms. The fourth-order valence-corrected chi connectivity index (χ4v) is 3.34. The number of carbonyl (C=O) groups excluding carboxylic acids is 2. The number of amides is 2. The van der Waals surface area contributed by atoms with Crippen LogP contribution in [-0.4, -0.2) is 104 Å². The number of ether oxygens (including phenoxy) is 1. The lowest BCUT2D eigenvalue weighted by Crippen LogP contribution is -2.55. The number of alkyl halides is 2. The molecular formula is C15H24F2N4O3. The molecule has 1 N–H and O–H groups in total. The Labute approximate surface area is 139 Å². The topological polar surface area (TPSA) is 65.1 Å². The number of carbonyl (C=O) groups is 2. The van der Waals surface area contributed by atoms with Crippen molar-refractivity contribution in [3.05, 3.63) is 0 Å². The molecule has 0 spiro atoms. The van der Waals surface area contributed by atoms with Gasteiger partial charge in [0.25, 0.3) is 5.92 Å². The van der Waals surface area contributed by atoms with Crippen molar-refractivity contribution in [3.63, 3.8) is 0 Å². The second kappa shape index (κ2) is 7.28.